The largest absolute Gasteiger partial charge is 0.490 e. The number of carbonyl (C=O) groups excluding carboxylic acids is 1. The normalized spacial score (nSPS) is 28.1. The molecule has 1 amide bonds. The quantitative estimate of drug-likeness (QED) is 0.251. The van der Waals surface area contributed by atoms with Crippen LogP contribution < -0.4 is 19.9 Å². The Labute approximate surface area is 323 Å². The van der Waals surface area contributed by atoms with E-state index in [2.05, 4.69) is 25.3 Å². The molecule has 2 N–H and O–H groups in total. The molecule has 18 heteroatoms. The lowest BCUT2D eigenvalue weighted by Crippen LogP contribution is -2.70. The highest BCUT2D eigenvalue weighted by Gasteiger charge is 2.62. The van der Waals surface area contributed by atoms with E-state index in [9.17, 15) is 41.0 Å². The number of nitrogens with one attached hydrogen (secondary N) is 1. The van der Waals surface area contributed by atoms with Crippen LogP contribution in [-0.4, -0.2) is 81.4 Å². The van der Waals surface area contributed by atoms with E-state index in [0.717, 1.165) is 30.6 Å². The van der Waals surface area contributed by atoms with Gasteiger partial charge in [0.1, 0.15) is 17.4 Å². The fraction of sp³-hybridized carbons (Fsp3) is 0.590. The highest BCUT2D eigenvalue weighted by atomic mass is 19.4. The van der Waals surface area contributed by atoms with E-state index in [1.165, 1.54) is 0 Å². The van der Waals surface area contributed by atoms with Crippen LogP contribution in [0.25, 0.3) is 0 Å². The molecule has 2 saturated heterocycles. The maximum atomic E-state index is 14.8. The molecule has 12 nitrogen and oxygen atoms in total. The number of halogens is 6. The minimum absolute atomic E-state index is 0.206. The van der Waals surface area contributed by atoms with Gasteiger partial charge in [0, 0.05) is 75.4 Å². The number of alkyl halides is 6. The summed E-state index contributed by atoms with van der Waals surface area (Å²) in [4.78, 5) is 46.2. The molecule has 1 spiro atoms. The van der Waals surface area contributed by atoms with Crippen LogP contribution in [0.5, 0.6) is 5.75 Å². The molecule has 6 fully saturated rings. The second kappa shape index (κ2) is 13.7. The molecule has 0 unspecified atom stereocenters. The van der Waals surface area contributed by atoms with Gasteiger partial charge in [-0.3, -0.25) is 4.79 Å². The number of aliphatic carboxylic acids is 1. The maximum absolute atomic E-state index is 14.8. The van der Waals surface area contributed by atoms with Crippen LogP contribution >= 0.6 is 0 Å². The number of nitrogens with zero attached hydrogens (tertiary/aromatic N) is 6. The number of carboxylic acids is 1. The summed E-state index contributed by atoms with van der Waals surface area (Å²) in [7, 11) is 0. The highest BCUT2D eigenvalue weighted by Crippen LogP contribution is 2.58. The second-order valence-electron chi connectivity index (χ2n) is 16.6. The van der Waals surface area contributed by atoms with Crippen molar-refractivity contribution < 1.29 is 50.5 Å². The van der Waals surface area contributed by atoms with Gasteiger partial charge in [-0.05, 0) is 92.4 Å². The number of carboxylic acid groups (broad SMARTS) is 1. The predicted octanol–water partition coefficient (Wildman–Crippen LogP) is 6.56. The number of hydrogen-bond donors (Lipinski definition) is 2. The molecular formula is C39H41F6N7O5. The van der Waals surface area contributed by atoms with Crippen LogP contribution in [0.2, 0.25) is 0 Å². The number of aromatic nitrogens is 4. The average molecular weight is 802 g/mol. The molecule has 304 valence electrons. The van der Waals surface area contributed by atoms with Gasteiger partial charge in [-0.15, -0.1) is 0 Å². The third-order valence-electron chi connectivity index (χ3n) is 13.4. The van der Waals surface area contributed by atoms with E-state index in [-0.39, 0.29) is 36.4 Å². The summed E-state index contributed by atoms with van der Waals surface area (Å²) in [6, 6.07) is 5.40. The number of piperidine rings is 1. The molecule has 4 saturated carbocycles. The van der Waals surface area contributed by atoms with Crippen molar-refractivity contribution in [3.05, 3.63) is 59.2 Å². The van der Waals surface area contributed by atoms with Gasteiger partial charge in [0.25, 0.3) is 5.91 Å². The van der Waals surface area contributed by atoms with Gasteiger partial charge in [0.05, 0.1) is 11.1 Å². The van der Waals surface area contributed by atoms with Crippen molar-refractivity contribution in [1.29, 1.82) is 0 Å². The zero-order valence-electron chi connectivity index (χ0n) is 30.8. The molecule has 10 rings (SSSR count). The Bertz CT molecular complexity index is 2020. The molecule has 4 bridgehead atoms. The van der Waals surface area contributed by atoms with E-state index in [1.807, 2.05) is 6.07 Å². The SMILES string of the molecule is O=C(NC1(C(=O)O)C2CC3CC(C2)CC1C3)c1cnc(N2CC3(CCOCC3)c3cc(OC4CCN(c5ncc(C(F)(F)F)cn5)CC4)ccc32)nc1C(F)(F)F. The average Bonchev–Trinajstić information content (AvgIpc) is 3.47. The first-order valence-corrected chi connectivity index (χ1v) is 19.4. The topological polar surface area (TPSA) is 143 Å². The molecule has 3 aromatic rings. The monoisotopic (exact) mass is 801 g/mol. The summed E-state index contributed by atoms with van der Waals surface area (Å²) in [5, 5.41) is 13.1. The Kier molecular flexibility index (Phi) is 9.08. The first-order chi connectivity index (χ1) is 27.1. The molecule has 0 radical (unpaired) electrons. The lowest BCUT2D eigenvalue weighted by Gasteiger charge is -2.59. The standard InChI is InChI=1S/C39H41F6N7O5/c40-38(41,42)25-17-46-34(47-18-25)51-7-3-26(4-8-51)57-27-1-2-30-29(16-27)36(5-9-56-10-6-36)20-52(30)35-48-19-28(31(49-35)39(43,44)45)32(53)50-37(33(54)55)23-12-21-11-22(14-23)15-24(37)13-21/h1-2,16-19,21-24,26H,3-15,20H2,(H,50,53)(H,54,55). The second-order valence-corrected chi connectivity index (χ2v) is 16.6. The number of rotatable bonds is 7. The molecule has 4 aliphatic carbocycles. The maximum Gasteiger partial charge on any atom is 0.434 e. The zero-order valence-corrected chi connectivity index (χ0v) is 30.8. The van der Waals surface area contributed by atoms with Crippen LogP contribution in [0.4, 0.5) is 43.9 Å². The third kappa shape index (κ3) is 6.60. The Morgan fingerprint density at radius 2 is 1.49 bits per heavy atom. The van der Waals surface area contributed by atoms with Crippen molar-refractivity contribution in [3.8, 4) is 5.75 Å². The van der Waals surface area contributed by atoms with E-state index < -0.39 is 52.0 Å². The fourth-order valence-corrected chi connectivity index (χ4v) is 10.8. The Balaban J connectivity index is 0.955. The number of fused-ring (bicyclic) bond motifs is 2. The van der Waals surface area contributed by atoms with Gasteiger partial charge in [-0.1, -0.05) is 0 Å². The van der Waals surface area contributed by atoms with Gasteiger partial charge >= 0.3 is 18.3 Å². The van der Waals surface area contributed by atoms with Crippen molar-refractivity contribution in [2.45, 2.75) is 87.2 Å². The van der Waals surface area contributed by atoms with Gasteiger partial charge in [-0.25, -0.2) is 24.7 Å². The van der Waals surface area contributed by atoms with Crippen LogP contribution in [0.15, 0.2) is 36.8 Å². The number of hydrogen-bond acceptors (Lipinski definition) is 10. The fourth-order valence-electron chi connectivity index (χ4n) is 10.8. The summed E-state index contributed by atoms with van der Waals surface area (Å²) < 4.78 is 95.4. The zero-order chi connectivity index (χ0) is 39.9. The molecule has 3 aliphatic heterocycles. The van der Waals surface area contributed by atoms with Crippen molar-refractivity contribution >= 4 is 29.5 Å². The minimum atomic E-state index is -5.05. The summed E-state index contributed by atoms with van der Waals surface area (Å²) in [6.07, 6.45) is -1.61. The molecule has 2 aromatic heterocycles. The molecule has 5 heterocycles. The minimum Gasteiger partial charge on any atom is -0.490 e. The first-order valence-electron chi connectivity index (χ1n) is 19.4. The summed E-state index contributed by atoms with van der Waals surface area (Å²) in [5.74, 6) is -1.81. The van der Waals surface area contributed by atoms with Crippen molar-refractivity contribution in [3.63, 3.8) is 0 Å². The third-order valence-corrected chi connectivity index (χ3v) is 13.4. The Morgan fingerprint density at radius 1 is 0.860 bits per heavy atom. The van der Waals surface area contributed by atoms with E-state index in [0.29, 0.717) is 101 Å². The van der Waals surface area contributed by atoms with Crippen LogP contribution in [0, 0.1) is 23.7 Å². The number of ether oxygens (including phenoxy) is 2. The highest BCUT2D eigenvalue weighted by molar-refractivity contribution is 5.99. The first kappa shape index (κ1) is 37.8. The van der Waals surface area contributed by atoms with Gasteiger partial charge in [-0.2, -0.15) is 26.3 Å². The number of anilines is 3. The smallest absolute Gasteiger partial charge is 0.434 e. The molecule has 1 aromatic carbocycles. The van der Waals surface area contributed by atoms with Crippen LogP contribution in [0.1, 0.15) is 85.0 Å². The number of amides is 1. The van der Waals surface area contributed by atoms with Gasteiger partial charge in [0.2, 0.25) is 11.9 Å². The van der Waals surface area contributed by atoms with Crippen molar-refractivity contribution in [2.75, 3.05) is 42.6 Å². The molecular weight excluding hydrogens is 760 g/mol. The Morgan fingerprint density at radius 3 is 2.09 bits per heavy atom. The molecule has 0 atom stereocenters. The van der Waals surface area contributed by atoms with Crippen molar-refractivity contribution in [2.24, 2.45) is 23.7 Å². The molecule has 57 heavy (non-hydrogen) atoms. The van der Waals surface area contributed by atoms with E-state index in [4.69, 9.17) is 9.47 Å². The van der Waals surface area contributed by atoms with Gasteiger partial charge in [0.15, 0.2) is 5.69 Å². The lowest BCUT2D eigenvalue weighted by molar-refractivity contribution is -0.163. The van der Waals surface area contributed by atoms with E-state index >= 15 is 0 Å². The van der Waals surface area contributed by atoms with E-state index in [1.54, 1.807) is 21.9 Å². The summed E-state index contributed by atoms with van der Waals surface area (Å²) in [5.41, 5.74) is -3.88. The number of carbonyl (C=O) groups is 2. The van der Waals surface area contributed by atoms with Gasteiger partial charge < -0.3 is 29.7 Å². The number of benzene rings is 1. The Hall–Kier alpha value is -4.74. The van der Waals surface area contributed by atoms with Crippen LogP contribution in [-0.2, 0) is 27.3 Å². The lowest BCUT2D eigenvalue weighted by atomic mass is 9.48. The summed E-state index contributed by atoms with van der Waals surface area (Å²) in [6.45, 7) is 2.05. The van der Waals surface area contributed by atoms with Crippen LogP contribution in [0.3, 0.4) is 0 Å². The molecule has 7 aliphatic rings. The summed E-state index contributed by atoms with van der Waals surface area (Å²) >= 11 is 0. The van der Waals surface area contributed by atoms with Crippen molar-refractivity contribution in [1.82, 2.24) is 25.3 Å². The predicted molar refractivity (Wildman–Crippen MR) is 190 cm³/mol.